The lowest BCUT2D eigenvalue weighted by Crippen LogP contribution is -3.00. The van der Waals surface area contributed by atoms with Crippen molar-refractivity contribution >= 4 is 11.3 Å². The third kappa shape index (κ3) is 1.60. The van der Waals surface area contributed by atoms with Crippen LogP contribution in [0.4, 0.5) is 0 Å². The van der Waals surface area contributed by atoms with Crippen LogP contribution >= 0.6 is 11.3 Å². The zero-order valence-corrected chi connectivity index (χ0v) is 7.71. The maximum Gasteiger partial charge on any atom is 0.363 e. The van der Waals surface area contributed by atoms with Crippen LogP contribution in [0.2, 0.25) is 0 Å². The molecule has 58 valence electrons. The Morgan fingerprint density at radius 2 is 2.45 bits per heavy atom. The molecule has 0 atom stereocenters. The number of nitrogens with one attached hydrogen (secondary N) is 1. The summed E-state index contributed by atoms with van der Waals surface area (Å²) in [4.78, 5) is 5.51. The van der Waals surface area contributed by atoms with E-state index in [1.165, 1.54) is 22.5 Å². The van der Waals surface area contributed by atoms with Gasteiger partial charge in [0.1, 0.15) is 6.20 Å². The van der Waals surface area contributed by atoms with Crippen molar-refractivity contribution in [2.24, 2.45) is 0 Å². The van der Waals surface area contributed by atoms with Gasteiger partial charge in [-0.05, 0) is 9.90 Å². The maximum atomic E-state index is 4.01. The smallest absolute Gasteiger partial charge is 0.363 e. The minimum atomic E-state index is 0. The molecule has 0 aliphatic carbocycles. The molecule has 1 N–H and O–H groups in total. The SMILES string of the molecule is [Br-].c1csc(-[n+]2ncn[nH]2)n1. The normalized spacial score (nSPS) is 9.09. The third-order valence-corrected chi connectivity index (χ3v) is 1.72. The first-order valence-corrected chi connectivity index (χ1v) is 3.52. The molecule has 0 saturated carbocycles. The molecule has 0 bridgehead atoms. The molecule has 0 aliphatic heterocycles. The van der Waals surface area contributed by atoms with E-state index < -0.39 is 0 Å². The van der Waals surface area contributed by atoms with Crippen molar-refractivity contribution in [3.63, 3.8) is 0 Å². The average molecular weight is 234 g/mol. The van der Waals surface area contributed by atoms with Gasteiger partial charge in [-0.2, -0.15) is 0 Å². The van der Waals surface area contributed by atoms with Crippen LogP contribution < -0.4 is 21.8 Å². The van der Waals surface area contributed by atoms with Crippen LogP contribution in [0.3, 0.4) is 0 Å². The van der Waals surface area contributed by atoms with E-state index in [-0.39, 0.29) is 17.0 Å². The Hall–Kier alpha value is -0.820. The van der Waals surface area contributed by atoms with Gasteiger partial charge in [0.15, 0.2) is 0 Å². The van der Waals surface area contributed by atoms with E-state index in [0.29, 0.717) is 0 Å². The van der Waals surface area contributed by atoms with Crippen LogP contribution in [0, 0.1) is 0 Å². The summed E-state index contributed by atoms with van der Waals surface area (Å²) >= 11 is 1.50. The van der Waals surface area contributed by atoms with E-state index in [4.69, 9.17) is 0 Å². The van der Waals surface area contributed by atoms with E-state index in [1.807, 2.05) is 5.38 Å². The first kappa shape index (κ1) is 8.28. The van der Waals surface area contributed by atoms with Gasteiger partial charge in [0.25, 0.3) is 6.33 Å². The van der Waals surface area contributed by atoms with Crippen molar-refractivity contribution in [1.29, 1.82) is 0 Å². The Labute approximate surface area is 76.8 Å². The van der Waals surface area contributed by atoms with E-state index in [0.717, 1.165) is 5.13 Å². The molecule has 0 unspecified atom stereocenters. The summed E-state index contributed by atoms with van der Waals surface area (Å²) in [5.74, 6) is 0. The van der Waals surface area contributed by atoms with E-state index in [1.54, 1.807) is 6.20 Å². The number of aromatic amines is 1. The largest absolute Gasteiger partial charge is 1.00 e. The minimum absolute atomic E-state index is 0. The van der Waals surface area contributed by atoms with E-state index >= 15 is 0 Å². The fraction of sp³-hybridized carbons (Fsp3) is 0. The van der Waals surface area contributed by atoms with Crippen molar-refractivity contribution in [2.75, 3.05) is 0 Å². The minimum Gasteiger partial charge on any atom is -1.00 e. The van der Waals surface area contributed by atoms with Gasteiger partial charge in [-0.3, -0.25) is 0 Å². The molecule has 2 rings (SSSR count). The predicted molar refractivity (Wildman–Crippen MR) is 33.6 cm³/mol. The highest BCUT2D eigenvalue weighted by Crippen LogP contribution is 1.99. The lowest BCUT2D eigenvalue weighted by molar-refractivity contribution is -0.716. The molecule has 0 aliphatic rings. The van der Waals surface area contributed by atoms with Crippen LogP contribution in [0.25, 0.3) is 5.13 Å². The van der Waals surface area contributed by atoms with Crippen molar-refractivity contribution in [3.8, 4) is 5.13 Å². The summed E-state index contributed by atoms with van der Waals surface area (Å²) in [6, 6.07) is 0. The second-order valence-electron chi connectivity index (χ2n) is 1.59. The van der Waals surface area contributed by atoms with Gasteiger partial charge in [0, 0.05) is 5.38 Å². The van der Waals surface area contributed by atoms with Crippen LogP contribution in [0.15, 0.2) is 17.9 Å². The van der Waals surface area contributed by atoms with Gasteiger partial charge in [-0.1, -0.05) is 26.6 Å². The summed E-state index contributed by atoms with van der Waals surface area (Å²) in [6.45, 7) is 0. The number of aromatic nitrogens is 5. The molecule has 0 amide bonds. The standard InChI is InChI=1S/C4H3N5S.BrH/c1-2-10-4(5-1)9-7-3-6-8-9;/h1-3H;1H. The van der Waals surface area contributed by atoms with Gasteiger partial charge in [-0.15, -0.1) is 0 Å². The highest BCUT2D eigenvalue weighted by Gasteiger charge is 2.06. The van der Waals surface area contributed by atoms with Crippen molar-refractivity contribution < 1.29 is 21.8 Å². The molecule has 0 saturated heterocycles. The second kappa shape index (κ2) is 3.54. The van der Waals surface area contributed by atoms with Gasteiger partial charge in [0.05, 0.1) is 0 Å². The zero-order valence-electron chi connectivity index (χ0n) is 5.31. The fourth-order valence-corrected chi connectivity index (χ4v) is 1.15. The Morgan fingerprint density at radius 3 is 3.00 bits per heavy atom. The van der Waals surface area contributed by atoms with Gasteiger partial charge in [0.2, 0.25) is 0 Å². The molecule has 2 heterocycles. The van der Waals surface area contributed by atoms with Crippen LogP contribution in [-0.2, 0) is 0 Å². The summed E-state index contributed by atoms with van der Waals surface area (Å²) in [6.07, 6.45) is 3.15. The Bertz CT molecular complexity index is 258. The van der Waals surface area contributed by atoms with Gasteiger partial charge < -0.3 is 17.0 Å². The first-order chi connectivity index (χ1) is 4.97. The molecule has 0 spiro atoms. The van der Waals surface area contributed by atoms with E-state index in [2.05, 4.69) is 20.4 Å². The predicted octanol–water partition coefficient (Wildman–Crippen LogP) is -3.46. The molecule has 0 fully saturated rings. The van der Waals surface area contributed by atoms with E-state index in [9.17, 15) is 0 Å². The lowest BCUT2D eigenvalue weighted by atomic mass is 11.0. The number of nitrogens with zero attached hydrogens (tertiary/aromatic N) is 4. The second-order valence-corrected chi connectivity index (χ2v) is 2.46. The Morgan fingerprint density at radius 1 is 1.55 bits per heavy atom. The molecule has 11 heavy (non-hydrogen) atoms. The van der Waals surface area contributed by atoms with Gasteiger partial charge >= 0.3 is 5.13 Å². The highest BCUT2D eigenvalue weighted by molar-refractivity contribution is 7.11. The number of hydrogen-bond acceptors (Lipinski definition) is 4. The van der Waals surface area contributed by atoms with Crippen LogP contribution in [-0.4, -0.2) is 20.4 Å². The summed E-state index contributed by atoms with van der Waals surface area (Å²) in [7, 11) is 0. The topological polar surface area (TPSA) is 58.3 Å². The number of thiazole rings is 1. The number of H-pyrrole nitrogens is 1. The summed E-state index contributed by atoms with van der Waals surface area (Å²) < 4.78 is 0. The van der Waals surface area contributed by atoms with Crippen LogP contribution in [0.1, 0.15) is 0 Å². The molecule has 5 nitrogen and oxygen atoms in total. The number of halogens is 1. The first-order valence-electron chi connectivity index (χ1n) is 2.64. The monoisotopic (exact) mass is 233 g/mol. The van der Waals surface area contributed by atoms with Crippen molar-refractivity contribution in [3.05, 3.63) is 17.9 Å². The van der Waals surface area contributed by atoms with Crippen molar-refractivity contribution in [1.82, 2.24) is 20.4 Å². The molecule has 0 radical (unpaired) electrons. The molecule has 7 heteroatoms. The Kier molecular flexibility index (Phi) is 2.66. The average Bonchev–Trinajstić information content (AvgIpc) is 2.59. The quantitative estimate of drug-likeness (QED) is 0.522. The third-order valence-electron chi connectivity index (χ3n) is 0.978. The highest BCUT2D eigenvalue weighted by atomic mass is 79.9. The molecule has 2 aromatic heterocycles. The lowest BCUT2D eigenvalue weighted by Gasteiger charge is -1.77. The summed E-state index contributed by atoms with van der Waals surface area (Å²) in [5.41, 5.74) is 0. The number of tetrazole rings is 1. The van der Waals surface area contributed by atoms with Crippen molar-refractivity contribution in [2.45, 2.75) is 0 Å². The maximum absolute atomic E-state index is 4.01. The number of hydrogen-bond donors (Lipinski definition) is 1. The molecule has 0 aromatic carbocycles. The van der Waals surface area contributed by atoms with Crippen LogP contribution in [0.5, 0.6) is 0 Å². The molecular weight excluding hydrogens is 230 g/mol. The van der Waals surface area contributed by atoms with Gasteiger partial charge in [-0.25, -0.2) is 0 Å². The molecular formula is C4H4BrN5S. The number of rotatable bonds is 1. The zero-order chi connectivity index (χ0) is 6.81. The molecule has 2 aromatic rings. The summed E-state index contributed by atoms with van der Waals surface area (Å²) in [5, 5.41) is 12.8. The Balaban J connectivity index is 0.000000605. The fourth-order valence-electron chi connectivity index (χ4n) is 0.596.